The lowest BCUT2D eigenvalue weighted by Crippen LogP contribution is -2.24. The quantitative estimate of drug-likeness (QED) is 0.477. The van der Waals surface area contributed by atoms with E-state index in [0.29, 0.717) is 11.3 Å². The van der Waals surface area contributed by atoms with Gasteiger partial charge in [-0.2, -0.15) is 0 Å². The van der Waals surface area contributed by atoms with Gasteiger partial charge in [-0.05, 0) is 44.0 Å². The molecule has 5 nitrogen and oxygen atoms in total. The highest BCUT2D eigenvalue weighted by molar-refractivity contribution is 5.99. The maximum absolute atomic E-state index is 12.4. The molecule has 0 N–H and O–H groups in total. The van der Waals surface area contributed by atoms with Crippen LogP contribution in [-0.4, -0.2) is 16.8 Å². The summed E-state index contributed by atoms with van der Waals surface area (Å²) < 4.78 is 5.54. The molecule has 0 saturated carbocycles. The Kier molecular flexibility index (Phi) is 4.56. The minimum Gasteiger partial charge on any atom is -0.482 e. The second-order valence-electron chi connectivity index (χ2n) is 5.18. The number of benzene rings is 2. The monoisotopic (exact) mass is 299 g/mol. The highest BCUT2D eigenvalue weighted by Gasteiger charge is 2.18. The van der Waals surface area contributed by atoms with Crippen molar-refractivity contribution in [2.45, 2.75) is 26.9 Å². The molecule has 5 heteroatoms. The first kappa shape index (κ1) is 15.7. The minimum absolute atomic E-state index is 0.0664. The van der Waals surface area contributed by atoms with E-state index in [1.54, 1.807) is 19.1 Å². The summed E-state index contributed by atoms with van der Waals surface area (Å²) in [5.41, 5.74) is 2.65. The number of nitro benzene ring substituents is 1. The topological polar surface area (TPSA) is 69.4 Å². The molecule has 0 spiro atoms. The standard InChI is InChI=1S/C17H17NO4/c1-11-7-8-14(9-12(11)2)17(19)13(3)22-16-6-4-5-15(10-16)18(20)21/h4-10,13H,1-3H3/t13-/m1/s1. The van der Waals surface area contributed by atoms with E-state index in [4.69, 9.17) is 4.74 Å². The van der Waals surface area contributed by atoms with Crippen molar-refractivity contribution >= 4 is 11.5 Å². The number of nitrogens with zero attached hydrogens (tertiary/aromatic N) is 1. The van der Waals surface area contributed by atoms with E-state index in [2.05, 4.69) is 0 Å². The summed E-state index contributed by atoms with van der Waals surface area (Å²) in [7, 11) is 0. The largest absolute Gasteiger partial charge is 0.482 e. The number of ether oxygens (including phenoxy) is 1. The van der Waals surface area contributed by atoms with Crippen LogP contribution in [-0.2, 0) is 0 Å². The number of ketones is 1. The van der Waals surface area contributed by atoms with Crippen LogP contribution in [0.3, 0.4) is 0 Å². The molecule has 0 bridgehead atoms. The summed E-state index contributed by atoms with van der Waals surface area (Å²) in [6.07, 6.45) is -0.718. The van der Waals surface area contributed by atoms with Gasteiger partial charge in [-0.15, -0.1) is 0 Å². The van der Waals surface area contributed by atoms with Gasteiger partial charge in [-0.3, -0.25) is 14.9 Å². The van der Waals surface area contributed by atoms with Crippen LogP contribution in [0.4, 0.5) is 5.69 Å². The number of hydrogen-bond donors (Lipinski definition) is 0. The fourth-order valence-corrected chi connectivity index (χ4v) is 2.06. The molecule has 2 rings (SSSR count). The third kappa shape index (κ3) is 3.49. The number of rotatable bonds is 5. The van der Waals surface area contributed by atoms with Gasteiger partial charge in [0, 0.05) is 11.6 Å². The average Bonchev–Trinajstić information content (AvgIpc) is 2.49. The van der Waals surface area contributed by atoms with E-state index in [9.17, 15) is 14.9 Å². The van der Waals surface area contributed by atoms with E-state index in [-0.39, 0.29) is 11.5 Å². The Labute approximate surface area is 128 Å². The van der Waals surface area contributed by atoms with Crippen molar-refractivity contribution < 1.29 is 14.5 Å². The Morgan fingerprint density at radius 1 is 1.14 bits per heavy atom. The number of carbonyl (C=O) groups is 1. The molecule has 0 unspecified atom stereocenters. The van der Waals surface area contributed by atoms with E-state index in [1.165, 1.54) is 18.2 Å². The zero-order chi connectivity index (χ0) is 16.3. The lowest BCUT2D eigenvalue weighted by Gasteiger charge is -2.14. The highest BCUT2D eigenvalue weighted by atomic mass is 16.6. The summed E-state index contributed by atoms with van der Waals surface area (Å²) >= 11 is 0. The summed E-state index contributed by atoms with van der Waals surface area (Å²) in [6, 6.07) is 11.3. The Morgan fingerprint density at radius 2 is 1.86 bits per heavy atom. The van der Waals surface area contributed by atoms with Gasteiger partial charge < -0.3 is 4.74 Å². The van der Waals surface area contributed by atoms with Gasteiger partial charge in [0.2, 0.25) is 5.78 Å². The van der Waals surface area contributed by atoms with E-state index in [0.717, 1.165) is 11.1 Å². The van der Waals surface area contributed by atoms with Crippen LogP contribution in [0, 0.1) is 24.0 Å². The molecule has 0 heterocycles. The Morgan fingerprint density at radius 3 is 2.50 bits per heavy atom. The van der Waals surface area contributed by atoms with E-state index >= 15 is 0 Å². The predicted molar refractivity (Wildman–Crippen MR) is 83.4 cm³/mol. The van der Waals surface area contributed by atoms with Gasteiger partial charge in [-0.1, -0.05) is 18.2 Å². The number of Topliss-reactive ketones (excluding diaryl/α,β-unsaturated/α-hetero) is 1. The second kappa shape index (κ2) is 6.39. The lowest BCUT2D eigenvalue weighted by atomic mass is 10.0. The molecule has 0 aliphatic rings. The molecule has 2 aromatic rings. The van der Waals surface area contributed by atoms with Gasteiger partial charge in [0.05, 0.1) is 11.0 Å². The Bertz CT molecular complexity index is 724. The van der Waals surface area contributed by atoms with Crippen LogP contribution >= 0.6 is 0 Å². The SMILES string of the molecule is Cc1ccc(C(=O)[C@@H](C)Oc2cccc([N+](=O)[O-])c2)cc1C. The van der Waals surface area contributed by atoms with Gasteiger partial charge in [0.15, 0.2) is 6.10 Å². The Hall–Kier alpha value is -2.69. The molecule has 0 radical (unpaired) electrons. The average molecular weight is 299 g/mol. The second-order valence-corrected chi connectivity index (χ2v) is 5.18. The Balaban J connectivity index is 2.16. The number of non-ortho nitro benzene ring substituents is 1. The van der Waals surface area contributed by atoms with Crippen molar-refractivity contribution in [3.63, 3.8) is 0 Å². The maximum atomic E-state index is 12.4. The molecule has 114 valence electrons. The van der Waals surface area contributed by atoms with Crippen molar-refractivity contribution in [2.75, 3.05) is 0 Å². The zero-order valence-corrected chi connectivity index (χ0v) is 12.7. The molecule has 0 fully saturated rings. The summed E-state index contributed by atoms with van der Waals surface area (Å²) in [4.78, 5) is 22.6. The van der Waals surface area contributed by atoms with Gasteiger partial charge >= 0.3 is 0 Å². The lowest BCUT2D eigenvalue weighted by molar-refractivity contribution is -0.384. The van der Waals surface area contributed by atoms with Gasteiger partial charge in [0.1, 0.15) is 5.75 Å². The first-order valence-corrected chi connectivity index (χ1v) is 6.91. The predicted octanol–water partition coefficient (Wildman–Crippen LogP) is 3.86. The normalized spacial score (nSPS) is 11.8. The molecule has 2 aromatic carbocycles. The first-order chi connectivity index (χ1) is 10.4. The third-order valence-electron chi connectivity index (χ3n) is 3.50. The summed E-state index contributed by atoms with van der Waals surface area (Å²) in [5.74, 6) is 0.147. The molecule has 0 aliphatic carbocycles. The molecule has 0 saturated heterocycles. The van der Waals surface area contributed by atoms with E-state index in [1.807, 2.05) is 26.0 Å². The van der Waals surface area contributed by atoms with Crippen LogP contribution in [0.2, 0.25) is 0 Å². The smallest absolute Gasteiger partial charge is 0.273 e. The number of hydrogen-bond acceptors (Lipinski definition) is 4. The fourth-order valence-electron chi connectivity index (χ4n) is 2.06. The van der Waals surface area contributed by atoms with Gasteiger partial charge in [-0.25, -0.2) is 0 Å². The molecule has 1 atom stereocenters. The van der Waals surface area contributed by atoms with Crippen LogP contribution in [0.25, 0.3) is 0 Å². The molecule has 0 aromatic heterocycles. The molecule has 0 amide bonds. The van der Waals surface area contributed by atoms with Crippen molar-refractivity contribution in [2.24, 2.45) is 0 Å². The molecular formula is C17H17NO4. The fraction of sp³-hybridized carbons (Fsp3) is 0.235. The first-order valence-electron chi connectivity index (χ1n) is 6.91. The van der Waals surface area contributed by atoms with E-state index < -0.39 is 11.0 Å². The highest BCUT2D eigenvalue weighted by Crippen LogP contribution is 2.21. The van der Waals surface area contributed by atoms with Crippen molar-refractivity contribution in [1.82, 2.24) is 0 Å². The number of carbonyl (C=O) groups excluding carboxylic acids is 1. The molecule has 0 aliphatic heterocycles. The number of nitro groups is 1. The van der Waals surface area contributed by atoms with Crippen molar-refractivity contribution in [1.29, 1.82) is 0 Å². The van der Waals surface area contributed by atoms with Crippen molar-refractivity contribution in [3.8, 4) is 5.75 Å². The molecule has 22 heavy (non-hydrogen) atoms. The van der Waals surface area contributed by atoms with Crippen molar-refractivity contribution in [3.05, 3.63) is 69.3 Å². The summed E-state index contributed by atoms with van der Waals surface area (Å²) in [5, 5.41) is 10.7. The van der Waals surface area contributed by atoms with Gasteiger partial charge in [0.25, 0.3) is 5.69 Å². The van der Waals surface area contributed by atoms with Crippen LogP contribution in [0.5, 0.6) is 5.75 Å². The van der Waals surface area contributed by atoms with Crippen LogP contribution < -0.4 is 4.74 Å². The minimum atomic E-state index is -0.718. The zero-order valence-electron chi connectivity index (χ0n) is 12.7. The third-order valence-corrected chi connectivity index (χ3v) is 3.50. The van der Waals surface area contributed by atoms with Crippen LogP contribution in [0.15, 0.2) is 42.5 Å². The molecular weight excluding hydrogens is 282 g/mol. The summed E-state index contributed by atoms with van der Waals surface area (Å²) in [6.45, 7) is 5.56. The number of aryl methyl sites for hydroxylation is 2. The van der Waals surface area contributed by atoms with Crippen LogP contribution in [0.1, 0.15) is 28.4 Å². The maximum Gasteiger partial charge on any atom is 0.273 e.